The highest BCUT2D eigenvalue weighted by Gasteiger charge is 2.35. The molecule has 0 aromatic heterocycles. The Labute approximate surface area is 176 Å². The third-order valence-electron chi connectivity index (χ3n) is 7.17. The van der Waals surface area contributed by atoms with Crippen LogP contribution in [0.1, 0.15) is 73.6 Å². The minimum absolute atomic E-state index is 0.591. The summed E-state index contributed by atoms with van der Waals surface area (Å²) in [5, 5.41) is 0. The molecular formula is C27H43B. The van der Waals surface area contributed by atoms with Gasteiger partial charge in [-0.2, -0.15) is 0 Å². The van der Waals surface area contributed by atoms with Gasteiger partial charge in [-0.25, -0.2) is 0 Å². The molecule has 28 heavy (non-hydrogen) atoms. The second-order valence-corrected chi connectivity index (χ2v) is 9.91. The van der Waals surface area contributed by atoms with Crippen LogP contribution in [0.3, 0.4) is 0 Å². The smallest absolute Gasteiger partial charge is 0.0955 e. The van der Waals surface area contributed by atoms with Crippen molar-refractivity contribution in [2.24, 2.45) is 17.8 Å². The van der Waals surface area contributed by atoms with Crippen molar-refractivity contribution in [3.05, 3.63) is 57.7 Å². The fraction of sp³-hybridized carbons (Fsp3) is 0.630. The normalized spacial score (nSPS) is 23.1. The van der Waals surface area contributed by atoms with Gasteiger partial charge in [0, 0.05) is 5.92 Å². The van der Waals surface area contributed by atoms with Crippen molar-refractivity contribution >= 4 is 6.71 Å². The topological polar surface area (TPSA) is 0 Å². The molecule has 2 aliphatic carbocycles. The van der Waals surface area contributed by atoms with Crippen molar-refractivity contribution in [3.8, 4) is 0 Å². The number of allylic oxidation sites excluding steroid dienone is 9. The molecule has 154 valence electrons. The zero-order valence-corrected chi connectivity index (χ0v) is 19.9. The highest BCUT2D eigenvalue weighted by Crippen LogP contribution is 2.46. The molecule has 1 heteroatoms. The lowest BCUT2D eigenvalue weighted by molar-refractivity contribution is 0.317. The van der Waals surface area contributed by atoms with Crippen molar-refractivity contribution in [3.63, 3.8) is 0 Å². The van der Waals surface area contributed by atoms with E-state index in [0.29, 0.717) is 5.92 Å². The average Bonchev–Trinajstić information content (AvgIpc) is 3.23. The van der Waals surface area contributed by atoms with E-state index in [1.807, 2.05) is 0 Å². The standard InChI is InChI=1S/C27H43B/c1-10-19(4)27(18(2)3)21(6)16-24-22(7)20(5)15-25(24)26(17-28(8)9)23-13-11-12-14-23/h15-16,23,25-26H,2,10-14,17H2,1,3-9H3/b21-16+,27-19+. The summed E-state index contributed by atoms with van der Waals surface area (Å²) in [6, 6.07) is 0. The van der Waals surface area contributed by atoms with Gasteiger partial charge in [0.1, 0.15) is 6.71 Å². The van der Waals surface area contributed by atoms with Crippen LogP contribution in [0, 0.1) is 17.8 Å². The van der Waals surface area contributed by atoms with E-state index in [-0.39, 0.29) is 0 Å². The predicted octanol–water partition coefficient (Wildman–Crippen LogP) is 8.69. The zero-order chi connectivity index (χ0) is 21.0. The molecule has 0 bridgehead atoms. The first kappa shape index (κ1) is 23.0. The third kappa shape index (κ3) is 5.22. The third-order valence-corrected chi connectivity index (χ3v) is 7.17. The van der Waals surface area contributed by atoms with E-state index >= 15 is 0 Å². The van der Waals surface area contributed by atoms with Gasteiger partial charge in [0.15, 0.2) is 0 Å². The van der Waals surface area contributed by atoms with Crippen LogP contribution in [-0.4, -0.2) is 6.71 Å². The summed E-state index contributed by atoms with van der Waals surface area (Å²) >= 11 is 0. The number of rotatable bonds is 8. The van der Waals surface area contributed by atoms with E-state index < -0.39 is 0 Å². The summed E-state index contributed by atoms with van der Waals surface area (Å²) in [5.41, 5.74) is 10.00. The Balaban J connectivity index is 2.46. The van der Waals surface area contributed by atoms with E-state index in [1.54, 1.807) is 5.57 Å². The summed E-state index contributed by atoms with van der Waals surface area (Å²) in [6.07, 6.45) is 13.3. The van der Waals surface area contributed by atoms with Gasteiger partial charge in [-0.3, -0.25) is 0 Å². The molecular weight excluding hydrogens is 335 g/mol. The van der Waals surface area contributed by atoms with Crippen molar-refractivity contribution in [2.75, 3.05) is 0 Å². The molecule has 2 unspecified atom stereocenters. The van der Waals surface area contributed by atoms with Crippen molar-refractivity contribution in [2.45, 2.75) is 93.6 Å². The summed E-state index contributed by atoms with van der Waals surface area (Å²) < 4.78 is 0. The number of hydrogen-bond donors (Lipinski definition) is 0. The van der Waals surface area contributed by atoms with E-state index in [4.69, 9.17) is 0 Å². The van der Waals surface area contributed by atoms with E-state index in [9.17, 15) is 0 Å². The van der Waals surface area contributed by atoms with Gasteiger partial charge in [0.2, 0.25) is 0 Å². The van der Waals surface area contributed by atoms with Gasteiger partial charge < -0.3 is 0 Å². The number of hydrogen-bond acceptors (Lipinski definition) is 0. The van der Waals surface area contributed by atoms with Crippen LogP contribution in [0.25, 0.3) is 0 Å². The SMILES string of the molecule is C=C(C)C(/C(C)=C/C1=C(C)C(C)=CC1C(CB(C)C)C1CCCC1)=C(/C)CC. The predicted molar refractivity (Wildman–Crippen MR) is 129 cm³/mol. The summed E-state index contributed by atoms with van der Waals surface area (Å²) in [7, 11) is 0. The molecule has 2 atom stereocenters. The second-order valence-electron chi connectivity index (χ2n) is 9.91. The van der Waals surface area contributed by atoms with Crippen LogP contribution >= 0.6 is 0 Å². The fourth-order valence-corrected chi connectivity index (χ4v) is 5.60. The van der Waals surface area contributed by atoms with Crippen molar-refractivity contribution in [1.82, 2.24) is 0 Å². The Bertz CT molecular complexity index is 705. The monoisotopic (exact) mass is 378 g/mol. The van der Waals surface area contributed by atoms with E-state index in [2.05, 4.69) is 73.9 Å². The molecule has 1 fully saturated rings. The highest BCUT2D eigenvalue weighted by atomic mass is 14.4. The zero-order valence-electron chi connectivity index (χ0n) is 19.9. The largest absolute Gasteiger partial charge is 0.133 e. The molecule has 0 radical (unpaired) electrons. The molecule has 0 nitrogen and oxygen atoms in total. The van der Waals surface area contributed by atoms with E-state index in [1.165, 1.54) is 65.4 Å². The molecule has 0 saturated heterocycles. The molecule has 2 aliphatic rings. The summed E-state index contributed by atoms with van der Waals surface area (Å²) in [6.45, 7) is 23.5. The Kier molecular flexibility index (Phi) is 8.23. The van der Waals surface area contributed by atoms with Crippen LogP contribution in [0.15, 0.2) is 57.7 Å². The second kappa shape index (κ2) is 9.99. The Morgan fingerprint density at radius 2 is 1.79 bits per heavy atom. The van der Waals surface area contributed by atoms with Crippen molar-refractivity contribution in [1.29, 1.82) is 0 Å². The molecule has 2 rings (SSSR count). The van der Waals surface area contributed by atoms with Crippen LogP contribution in [-0.2, 0) is 0 Å². The highest BCUT2D eigenvalue weighted by molar-refractivity contribution is 6.55. The minimum Gasteiger partial charge on any atom is -0.0955 e. The first-order chi connectivity index (χ1) is 13.2. The molecule has 0 amide bonds. The van der Waals surface area contributed by atoms with Gasteiger partial charge in [-0.1, -0.05) is 88.0 Å². The molecule has 0 N–H and O–H groups in total. The maximum Gasteiger partial charge on any atom is 0.133 e. The maximum absolute atomic E-state index is 4.28. The molecule has 0 aromatic rings. The summed E-state index contributed by atoms with van der Waals surface area (Å²) in [5.74, 6) is 2.28. The average molecular weight is 378 g/mol. The fourth-order valence-electron chi connectivity index (χ4n) is 5.60. The van der Waals surface area contributed by atoms with Gasteiger partial charge >= 0.3 is 0 Å². The first-order valence-electron chi connectivity index (χ1n) is 11.6. The van der Waals surface area contributed by atoms with Crippen molar-refractivity contribution < 1.29 is 0 Å². The lowest BCUT2D eigenvalue weighted by Crippen LogP contribution is -2.25. The molecule has 1 saturated carbocycles. The Hall–Kier alpha value is -1.24. The van der Waals surface area contributed by atoms with Gasteiger partial charge in [0.05, 0.1) is 0 Å². The molecule has 0 heterocycles. The lowest BCUT2D eigenvalue weighted by Gasteiger charge is -2.31. The molecule has 0 spiro atoms. The van der Waals surface area contributed by atoms with Gasteiger partial charge in [-0.15, -0.1) is 0 Å². The van der Waals surface area contributed by atoms with Gasteiger partial charge in [-0.05, 0) is 75.2 Å². The van der Waals surface area contributed by atoms with E-state index in [0.717, 1.165) is 25.0 Å². The molecule has 0 aromatic carbocycles. The molecule has 0 aliphatic heterocycles. The van der Waals surface area contributed by atoms with Crippen LogP contribution in [0.2, 0.25) is 20.0 Å². The lowest BCUT2D eigenvalue weighted by atomic mass is 9.47. The Morgan fingerprint density at radius 1 is 1.18 bits per heavy atom. The van der Waals surface area contributed by atoms with Crippen LogP contribution in [0.5, 0.6) is 0 Å². The quantitative estimate of drug-likeness (QED) is 0.293. The maximum atomic E-state index is 4.28. The van der Waals surface area contributed by atoms with Crippen LogP contribution < -0.4 is 0 Å². The van der Waals surface area contributed by atoms with Crippen LogP contribution in [0.4, 0.5) is 0 Å². The first-order valence-corrected chi connectivity index (χ1v) is 11.6. The Morgan fingerprint density at radius 3 is 2.29 bits per heavy atom. The summed E-state index contributed by atoms with van der Waals surface area (Å²) in [4.78, 5) is 0. The van der Waals surface area contributed by atoms with Gasteiger partial charge in [0.25, 0.3) is 0 Å². The minimum atomic E-state index is 0.591.